The molecule has 12 heteroatoms. The quantitative estimate of drug-likeness (QED) is 0.586. The summed E-state index contributed by atoms with van der Waals surface area (Å²) in [7, 11) is 1.48. The number of rotatable bonds is 4. The standard InChI is InChI=1S/C26H25F3N4O5/c1-13-3-6-20(15-10-18(27)22(29)19(28)11-15)33(13)21(34)12-32-23(35)26(38-25(32)37)8-7-14-9-16(4-5-17(14)26)31-24(36)30-2/h4-5,9-11,13,20H,3,6-8,12H2,1-2H3,(H2,30,31,36)/t13-,20-,26+/m0/s1. The van der Waals surface area contributed by atoms with Crippen molar-refractivity contribution in [3.63, 3.8) is 0 Å². The Kier molecular flexibility index (Phi) is 6.28. The molecular weight excluding hydrogens is 505 g/mol. The molecule has 2 aromatic carbocycles. The van der Waals surface area contributed by atoms with Gasteiger partial charge in [0.05, 0.1) is 6.04 Å². The van der Waals surface area contributed by atoms with E-state index in [9.17, 15) is 32.3 Å². The van der Waals surface area contributed by atoms with E-state index in [1.807, 2.05) is 0 Å². The molecule has 1 aliphatic carbocycles. The van der Waals surface area contributed by atoms with Gasteiger partial charge in [-0.1, -0.05) is 6.07 Å². The molecule has 2 aromatic rings. The Labute approximate surface area is 215 Å². The van der Waals surface area contributed by atoms with Crippen LogP contribution in [0.2, 0.25) is 0 Å². The first-order valence-electron chi connectivity index (χ1n) is 12.2. The highest BCUT2D eigenvalue weighted by atomic mass is 19.2. The lowest BCUT2D eigenvalue weighted by molar-refractivity contribution is -0.143. The summed E-state index contributed by atoms with van der Waals surface area (Å²) in [6, 6.07) is 5.11. The van der Waals surface area contributed by atoms with Gasteiger partial charge in [-0.2, -0.15) is 0 Å². The zero-order chi connectivity index (χ0) is 27.4. The lowest BCUT2D eigenvalue weighted by atomic mass is 9.94. The molecule has 2 saturated heterocycles. The number of nitrogens with zero attached hydrogens (tertiary/aromatic N) is 2. The summed E-state index contributed by atoms with van der Waals surface area (Å²) >= 11 is 0. The second-order valence-corrected chi connectivity index (χ2v) is 9.70. The summed E-state index contributed by atoms with van der Waals surface area (Å²) in [4.78, 5) is 53.4. The topological polar surface area (TPSA) is 108 Å². The van der Waals surface area contributed by atoms with Gasteiger partial charge >= 0.3 is 12.1 Å². The highest BCUT2D eigenvalue weighted by Crippen LogP contribution is 2.46. The molecule has 3 aliphatic rings. The molecule has 0 radical (unpaired) electrons. The number of imide groups is 1. The molecule has 2 fully saturated rings. The lowest BCUT2D eigenvalue weighted by Crippen LogP contribution is -2.46. The number of urea groups is 1. The van der Waals surface area contributed by atoms with Crippen LogP contribution in [-0.2, 0) is 26.3 Å². The molecule has 1 spiro atoms. The Balaban J connectivity index is 1.37. The largest absolute Gasteiger partial charge is 0.427 e. The third kappa shape index (κ3) is 4.04. The van der Waals surface area contributed by atoms with E-state index in [0.29, 0.717) is 30.5 Å². The highest BCUT2D eigenvalue weighted by Gasteiger charge is 2.58. The summed E-state index contributed by atoms with van der Waals surface area (Å²) < 4.78 is 46.8. The number of likely N-dealkylation sites (tertiary alicyclic amines) is 1. The van der Waals surface area contributed by atoms with Gasteiger partial charge in [-0.3, -0.25) is 9.59 Å². The highest BCUT2D eigenvalue weighted by molar-refractivity contribution is 6.06. The van der Waals surface area contributed by atoms with Crippen molar-refractivity contribution < 1.29 is 37.1 Å². The maximum absolute atomic E-state index is 13.9. The number of amides is 5. The van der Waals surface area contributed by atoms with Crippen LogP contribution in [0.4, 0.5) is 28.4 Å². The number of hydrogen-bond donors (Lipinski definition) is 2. The number of halogens is 3. The SMILES string of the molecule is CNC(=O)Nc1ccc2c(c1)CC[C@@]21OC(=O)N(CC(=O)N2[C@@H](C)CC[C@H]2c2cc(F)c(F)c(F)c2)C1=O. The predicted molar refractivity (Wildman–Crippen MR) is 127 cm³/mol. The van der Waals surface area contributed by atoms with Crippen molar-refractivity contribution in [3.05, 3.63) is 64.5 Å². The monoisotopic (exact) mass is 530 g/mol. The Hall–Kier alpha value is -4.09. The van der Waals surface area contributed by atoms with Crippen LogP contribution in [0, 0.1) is 17.5 Å². The Morgan fingerprint density at radius 3 is 2.50 bits per heavy atom. The van der Waals surface area contributed by atoms with Gasteiger partial charge in [0, 0.05) is 30.8 Å². The van der Waals surface area contributed by atoms with E-state index in [1.54, 1.807) is 25.1 Å². The molecule has 0 bridgehead atoms. The van der Waals surface area contributed by atoms with E-state index in [0.717, 1.165) is 22.6 Å². The summed E-state index contributed by atoms with van der Waals surface area (Å²) in [5.41, 5.74) is 0.237. The minimum absolute atomic E-state index is 0.0942. The van der Waals surface area contributed by atoms with E-state index >= 15 is 0 Å². The van der Waals surface area contributed by atoms with E-state index < -0.39 is 59.6 Å². The smallest absolute Gasteiger partial charge is 0.418 e. The first-order chi connectivity index (χ1) is 18.1. The van der Waals surface area contributed by atoms with Crippen LogP contribution in [0.25, 0.3) is 0 Å². The fourth-order valence-corrected chi connectivity index (χ4v) is 5.64. The molecule has 2 N–H and O–H groups in total. The zero-order valence-corrected chi connectivity index (χ0v) is 20.6. The van der Waals surface area contributed by atoms with Crippen LogP contribution in [0.15, 0.2) is 30.3 Å². The predicted octanol–water partition coefficient (Wildman–Crippen LogP) is 3.73. The molecule has 0 unspecified atom stereocenters. The number of hydrogen-bond acceptors (Lipinski definition) is 5. The molecule has 38 heavy (non-hydrogen) atoms. The third-order valence-electron chi connectivity index (χ3n) is 7.49. The summed E-state index contributed by atoms with van der Waals surface area (Å²) in [5.74, 6) is -5.59. The molecule has 5 amide bonds. The van der Waals surface area contributed by atoms with Crippen LogP contribution in [0.5, 0.6) is 0 Å². The average molecular weight is 531 g/mol. The van der Waals surface area contributed by atoms with Crippen LogP contribution < -0.4 is 10.6 Å². The maximum Gasteiger partial charge on any atom is 0.418 e. The molecule has 9 nitrogen and oxygen atoms in total. The first-order valence-corrected chi connectivity index (χ1v) is 12.2. The number of benzene rings is 2. The third-order valence-corrected chi connectivity index (χ3v) is 7.49. The number of fused-ring (bicyclic) bond motifs is 2. The van der Waals surface area contributed by atoms with Crippen LogP contribution in [0.1, 0.15) is 48.9 Å². The number of carbonyl (C=O) groups excluding carboxylic acids is 4. The molecule has 3 atom stereocenters. The van der Waals surface area contributed by atoms with Gasteiger partial charge in [-0.05, 0) is 61.6 Å². The second kappa shape index (κ2) is 9.34. The molecule has 2 heterocycles. The minimum atomic E-state index is -1.60. The van der Waals surface area contributed by atoms with Crippen molar-refractivity contribution in [1.82, 2.24) is 15.1 Å². The first kappa shape index (κ1) is 25.6. The molecule has 5 rings (SSSR count). The summed E-state index contributed by atoms with van der Waals surface area (Å²) in [6.07, 6.45) is 0.508. The number of ether oxygens (including phenoxy) is 1. The van der Waals surface area contributed by atoms with Crippen molar-refractivity contribution in [2.24, 2.45) is 0 Å². The van der Waals surface area contributed by atoms with Crippen LogP contribution >= 0.6 is 0 Å². The molecule has 2 aliphatic heterocycles. The van der Waals surface area contributed by atoms with Crippen LogP contribution in [0.3, 0.4) is 0 Å². The van der Waals surface area contributed by atoms with Crippen molar-refractivity contribution >= 4 is 29.6 Å². The number of aryl methyl sites for hydroxylation is 1. The number of anilines is 1. The van der Waals surface area contributed by atoms with Crippen molar-refractivity contribution in [3.8, 4) is 0 Å². The van der Waals surface area contributed by atoms with E-state index in [4.69, 9.17) is 4.74 Å². The van der Waals surface area contributed by atoms with Gasteiger partial charge in [0.25, 0.3) is 5.91 Å². The fourth-order valence-electron chi connectivity index (χ4n) is 5.64. The fraction of sp³-hybridized carbons (Fsp3) is 0.385. The van der Waals surface area contributed by atoms with Gasteiger partial charge in [-0.25, -0.2) is 27.7 Å². The Bertz CT molecular complexity index is 1350. The van der Waals surface area contributed by atoms with E-state index in [1.165, 1.54) is 11.9 Å². The van der Waals surface area contributed by atoms with Crippen molar-refractivity contribution in [2.45, 2.75) is 50.3 Å². The second-order valence-electron chi connectivity index (χ2n) is 9.70. The molecule has 0 aromatic heterocycles. The normalized spacial score (nSPS) is 24.1. The molecule has 200 valence electrons. The van der Waals surface area contributed by atoms with E-state index in [2.05, 4.69) is 10.6 Å². The van der Waals surface area contributed by atoms with Crippen LogP contribution in [-0.4, -0.2) is 53.4 Å². The van der Waals surface area contributed by atoms with Crippen molar-refractivity contribution in [1.29, 1.82) is 0 Å². The number of carbonyl (C=O) groups is 4. The minimum Gasteiger partial charge on any atom is -0.427 e. The van der Waals surface area contributed by atoms with Gasteiger partial charge in [-0.15, -0.1) is 0 Å². The Morgan fingerprint density at radius 1 is 1.11 bits per heavy atom. The van der Waals surface area contributed by atoms with Gasteiger partial charge in [0.15, 0.2) is 17.5 Å². The lowest BCUT2D eigenvalue weighted by Gasteiger charge is -2.30. The number of nitrogens with one attached hydrogen (secondary N) is 2. The Morgan fingerprint density at radius 2 is 1.82 bits per heavy atom. The maximum atomic E-state index is 13.9. The van der Waals surface area contributed by atoms with E-state index in [-0.39, 0.29) is 18.0 Å². The average Bonchev–Trinajstić information content (AvgIpc) is 3.52. The van der Waals surface area contributed by atoms with Gasteiger partial charge < -0.3 is 20.3 Å². The van der Waals surface area contributed by atoms with Crippen molar-refractivity contribution in [2.75, 3.05) is 18.9 Å². The van der Waals surface area contributed by atoms with Gasteiger partial charge in [0.2, 0.25) is 11.5 Å². The summed E-state index contributed by atoms with van der Waals surface area (Å²) in [6.45, 7) is 1.13. The zero-order valence-electron chi connectivity index (χ0n) is 20.6. The molecule has 0 saturated carbocycles. The molecular formula is C26H25F3N4O5. The summed E-state index contributed by atoms with van der Waals surface area (Å²) in [5, 5.41) is 5.09. The van der Waals surface area contributed by atoms with Gasteiger partial charge in [0.1, 0.15) is 6.54 Å².